The largest absolute Gasteiger partial charge is 3.00 e. The molecule has 0 fully saturated rings. The van der Waals surface area contributed by atoms with Gasteiger partial charge in [-0.05, 0) is 36.4 Å². The molecule has 10 nitrogen and oxygen atoms in total. The number of aromatic nitrogens is 4. The summed E-state index contributed by atoms with van der Waals surface area (Å²) in [6, 6.07) is 15.8. The Hall–Kier alpha value is -1.70. The van der Waals surface area contributed by atoms with Crippen molar-refractivity contribution in [3.63, 3.8) is 0 Å². The number of para-hydroxylation sites is 2. The Kier molecular flexibility index (Phi) is 27.3. The topological polar surface area (TPSA) is 226 Å². The fourth-order valence-corrected chi connectivity index (χ4v) is 2.95. The summed E-state index contributed by atoms with van der Waals surface area (Å²) in [4.78, 5) is 18.7. The number of nitrogens with zero attached hydrogens (tertiary/aromatic N) is 4. The van der Waals surface area contributed by atoms with E-state index in [-0.39, 0.29) is 84.1 Å². The van der Waals surface area contributed by atoms with E-state index in [4.69, 9.17) is 9.97 Å². The second-order valence-corrected chi connectivity index (χ2v) is 7.43. The van der Waals surface area contributed by atoms with Crippen molar-refractivity contribution in [3.05, 3.63) is 60.9 Å². The number of halogens is 3. The number of rotatable bonds is 0. The molecule has 0 unspecified atom stereocenters. The maximum absolute atomic E-state index is 9.56. The molecule has 5 aromatic rings. The first-order valence-electron chi connectivity index (χ1n) is 8.08. The molecule has 0 saturated heterocycles. The predicted octanol–water partition coefficient (Wildman–Crippen LogP) is -9.24. The molecule has 35 heavy (non-hydrogen) atoms. The molecular weight excluding hydrogens is 634 g/mol. The van der Waals surface area contributed by atoms with E-state index in [9.17, 15) is 4.21 Å². The van der Waals surface area contributed by atoms with Gasteiger partial charge in [-0.3, -0.25) is 14.2 Å². The van der Waals surface area contributed by atoms with Crippen LogP contribution in [0, 0.1) is 0 Å². The molecule has 15 heteroatoms. The Morgan fingerprint density at radius 3 is 1.20 bits per heavy atom. The fraction of sp³-hybridized carbons (Fsp3) is 0.100. The van der Waals surface area contributed by atoms with Gasteiger partial charge in [0, 0.05) is 46.5 Å². The number of hydrogen-bond donors (Lipinski definition) is 0. The SMILES string of the molecule is CS(C)=O.O.O.O.O.O.[Cl-].[Cl-].[Cl-].[Rh+3].c1ccc2nc3c4cccnc4c4ncccc4c3nc2c1. The molecule has 5 rings (SSSR count). The molecule has 3 heterocycles. The Labute approximate surface area is 235 Å². The van der Waals surface area contributed by atoms with Crippen LogP contribution in [-0.2, 0) is 30.3 Å². The second kappa shape index (κ2) is 20.5. The molecule has 0 aliphatic carbocycles. The van der Waals surface area contributed by atoms with Crippen LogP contribution in [0.1, 0.15) is 0 Å². The Bertz CT molecular complexity index is 1230. The molecule has 198 valence electrons. The van der Waals surface area contributed by atoms with Gasteiger partial charge in [0.25, 0.3) is 0 Å². The van der Waals surface area contributed by atoms with Gasteiger partial charge >= 0.3 is 19.5 Å². The van der Waals surface area contributed by atoms with Crippen LogP contribution >= 0.6 is 0 Å². The van der Waals surface area contributed by atoms with Crippen LogP contribution in [0.2, 0.25) is 0 Å². The van der Waals surface area contributed by atoms with Gasteiger partial charge in [0.1, 0.15) is 0 Å². The minimum absolute atomic E-state index is 0. The van der Waals surface area contributed by atoms with Crippen molar-refractivity contribution < 1.29 is 88.3 Å². The molecule has 0 aliphatic heterocycles. The van der Waals surface area contributed by atoms with Gasteiger partial charge in [0.05, 0.1) is 33.1 Å². The zero-order valence-corrected chi connectivity index (χ0v) is 23.1. The molecule has 0 spiro atoms. The van der Waals surface area contributed by atoms with Gasteiger partial charge in [-0.1, -0.05) is 12.1 Å². The Morgan fingerprint density at radius 1 is 0.571 bits per heavy atom. The summed E-state index contributed by atoms with van der Waals surface area (Å²) in [5.74, 6) is 0. The maximum atomic E-state index is 9.56. The summed E-state index contributed by atoms with van der Waals surface area (Å²) in [5, 5.41) is 1.98. The third-order valence-corrected chi connectivity index (χ3v) is 3.92. The van der Waals surface area contributed by atoms with Crippen molar-refractivity contribution in [3.8, 4) is 0 Å². The third kappa shape index (κ3) is 9.70. The number of pyridine rings is 2. The molecule has 0 radical (unpaired) electrons. The fourth-order valence-electron chi connectivity index (χ4n) is 2.95. The van der Waals surface area contributed by atoms with Crippen molar-refractivity contribution >= 4 is 54.7 Å². The molecule has 0 saturated carbocycles. The van der Waals surface area contributed by atoms with E-state index < -0.39 is 10.8 Å². The Balaban J connectivity index is -0.000000152. The summed E-state index contributed by atoms with van der Waals surface area (Å²) >= 11 is 0. The molecule has 0 aliphatic rings. The molecule has 2 aromatic carbocycles. The number of hydrogen-bond acceptors (Lipinski definition) is 5. The van der Waals surface area contributed by atoms with Gasteiger partial charge in [-0.15, -0.1) is 0 Å². The van der Waals surface area contributed by atoms with Crippen molar-refractivity contribution in [1.82, 2.24) is 19.9 Å². The first-order chi connectivity index (χ1) is 12.6. The minimum Gasteiger partial charge on any atom is -1.00 e. The van der Waals surface area contributed by atoms with Gasteiger partial charge in [0.15, 0.2) is 0 Å². The molecule has 10 N–H and O–H groups in total. The zero-order chi connectivity index (χ0) is 18.1. The minimum atomic E-state index is -0.611. The summed E-state index contributed by atoms with van der Waals surface area (Å²) in [6.07, 6.45) is 6.85. The van der Waals surface area contributed by atoms with Gasteiger partial charge in [-0.25, -0.2) is 9.97 Å². The van der Waals surface area contributed by atoms with Gasteiger partial charge in [0.2, 0.25) is 0 Å². The van der Waals surface area contributed by atoms with Crippen LogP contribution in [0.25, 0.3) is 43.9 Å². The summed E-state index contributed by atoms with van der Waals surface area (Å²) in [6.45, 7) is 0. The quantitative estimate of drug-likeness (QED) is 0.0894. The van der Waals surface area contributed by atoms with E-state index in [1.165, 1.54) is 0 Å². The zero-order valence-electron chi connectivity index (χ0n) is 18.3. The van der Waals surface area contributed by atoms with E-state index >= 15 is 0 Å². The van der Waals surface area contributed by atoms with Crippen LogP contribution in [0.15, 0.2) is 60.9 Å². The van der Waals surface area contributed by atoms with E-state index in [1.807, 2.05) is 48.5 Å². The van der Waals surface area contributed by atoms with Crippen LogP contribution in [-0.4, -0.2) is 64.0 Å². The Morgan fingerprint density at radius 2 is 0.886 bits per heavy atom. The summed E-state index contributed by atoms with van der Waals surface area (Å²) in [7, 11) is -0.611. The van der Waals surface area contributed by atoms with Gasteiger partial charge < -0.3 is 64.6 Å². The van der Waals surface area contributed by atoms with Crippen molar-refractivity contribution in [1.29, 1.82) is 0 Å². The number of benzene rings is 2. The van der Waals surface area contributed by atoms with E-state index in [2.05, 4.69) is 9.97 Å². The number of fused-ring (bicyclic) bond motifs is 7. The average molecular weight is 660 g/mol. The van der Waals surface area contributed by atoms with Crippen LogP contribution in [0.3, 0.4) is 0 Å². The summed E-state index contributed by atoms with van der Waals surface area (Å²) < 4.78 is 9.56. The van der Waals surface area contributed by atoms with E-state index in [0.29, 0.717) is 0 Å². The molecule has 0 amide bonds. The third-order valence-electron chi connectivity index (χ3n) is 3.92. The molecule has 0 bridgehead atoms. The van der Waals surface area contributed by atoms with Crippen molar-refractivity contribution in [2.45, 2.75) is 0 Å². The first kappa shape index (κ1) is 46.6. The van der Waals surface area contributed by atoms with E-state index in [1.54, 1.807) is 24.9 Å². The second-order valence-electron chi connectivity index (χ2n) is 5.95. The first-order valence-corrected chi connectivity index (χ1v) is 10.0. The average Bonchev–Trinajstić information content (AvgIpc) is 2.66. The summed E-state index contributed by atoms with van der Waals surface area (Å²) in [5.41, 5.74) is 5.28. The van der Waals surface area contributed by atoms with Crippen LogP contribution in [0.4, 0.5) is 0 Å². The smallest absolute Gasteiger partial charge is 1.00 e. The van der Waals surface area contributed by atoms with E-state index in [0.717, 1.165) is 43.9 Å². The normalized spacial score (nSPS) is 8.31. The van der Waals surface area contributed by atoms with Crippen LogP contribution < -0.4 is 37.2 Å². The van der Waals surface area contributed by atoms with Gasteiger partial charge in [-0.2, -0.15) is 0 Å². The molecule has 0 atom stereocenters. The maximum Gasteiger partial charge on any atom is 3.00 e. The van der Waals surface area contributed by atoms with Crippen LogP contribution in [0.5, 0.6) is 0 Å². The molecular formula is C20H26Cl3N4O6RhS. The van der Waals surface area contributed by atoms with Crippen molar-refractivity contribution in [2.75, 3.05) is 12.5 Å². The standard InChI is InChI=1S/C18H10N4.C2H6OS.3ClH.5H2O.Rh/c1-2-8-14-13(7-1)21-17-11-5-3-9-19-15(11)16-12(18(17)22-14)6-4-10-20-16;1-4(2)3;;;;;;;;;/h1-10H;1-2H3;3*1H;5*1H2;/q;;;;;;;;;;+3/p-3. The van der Waals surface area contributed by atoms with Crippen molar-refractivity contribution in [2.24, 2.45) is 0 Å². The monoisotopic (exact) mass is 658 g/mol. The molecule has 3 aromatic heterocycles. The predicted molar refractivity (Wildman–Crippen MR) is 126 cm³/mol.